The van der Waals surface area contributed by atoms with Crippen molar-refractivity contribution in [2.45, 2.75) is 40.9 Å². The van der Waals surface area contributed by atoms with E-state index in [2.05, 4.69) is 0 Å². The first-order valence-electron chi connectivity index (χ1n) is 7.97. The van der Waals surface area contributed by atoms with Crippen LogP contribution in [0, 0.1) is 27.7 Å². The molecule has 2 rings (SSSR count). The molecule has 0 fully saturated rings. The molecule has 0 bridgehead atoms. The molecule has 0 amide bonds. The summed E-state index contributed by atoms with van der Waals surface area (Å²) in [6.45, 7) is 7.66. The van der Waals surface area contributed by atoms with Crippen molar-refractivity contribution in [3.05, 3.63) is 45.5 Å². The fourth-order valence-electron chi connectivity index (χ4n) is 3.48. The highest BCUT2D eigenvalue weighted by atomic mass is 16.5. The van der Waals surface area contributed by atoms with E-state index in [0.717, 1.165) is 44.5 Å². The fourth-order valence-corrected chi connectivity index (χ4v) is 3.48. The topological polar surface area (TPSA) is 58.9 Å². The average molecular weight is 330 g/mol. The standard InChI is InChI=1S/C20H26O4/c1-11-7-13(3)19(23-5)17(15(11)9-21)18-16(10-22)12(2)8-14(4)20(18)24-6/h7-8,21-22H,9-10H2,1-6H3. The molecular weight excluding hydrogens is 304 g/mol. The van der Waals surface area contributed by atoms with Crippen LogP contribution >= 0.6 is 0 Å². The van der Waals surface area contributed by atoms with E-state index in [1.807, 2.05) is 39.8 Å². The van der Waals surface area contributed by atoms with Crippen molar-refractivity contribution in [3.8, 4) is 22.6 Å². The van der Waals surface area contributed by atoms with Gasteiger partial charge >= 0.3 is 0 Å². The second kappa shape index (κ2) is 7.24. The van der Waals surface area contributed by atoms with Crippen molar-refractivity contribution in [3.63, 3.8) is 0 Å². The third-order valence-corrected chi connectivity index (χ3v) is 4.57. The predicted octanol–water partition coefficient (Wildman–Crippen LogP) is 3.59. The van der Waals surface area contributed by atoms with Crippen LogP contribution in [0.25, 0.3) is 11.1 Å². The molecule has 4 heteroatoms. The molecule has 2 N–H and O–H groups in total. The number of aryl methyl sites for hydroxylation is 4. The number of hydrogen-bond acceptors (Lipinski definition) is 4. The number of benzene rings is 2. The summed E-state index contributed by atoms with van der Waals surface area (Å²) in [7, 11) is 3.24. The largest absolute Gasteiger partial charge is 0.496 e. The summed E-state index contributed by atoms with van der Waals surface area (Å²) in [6.07, 6.45) is 0. The molecule has 0 aliphatic carbocycles. The molecule has 0 saturated heterocycles. The Morgan fingerprint density at radius 2 is 1.00 bits per heavy atom. The van der Waals surface area contributed by atoms with E-state index in [1.54, 1.807) is 14.2 Å². The van der Waals surface area contributed by atoms with Gasteiger partial charge in [0.25, 0.3) is 0 Å². The van der Waals surface area contributed by atoms with Gasteiger partial charge in [-0.25, -0.2) is 0 Å². The van der Waals surface area contributed by atoms with E-state index in [4.69, 9.17) is 9.47 Å². The zero-order valence-corrected chi connectivity index (χ0v) is 15.3. The molecule has 24 heavy (non-hydrogen) atoms. The lowest BCUT2D eigenvalue weighted by Gasteiger charge is -2.24. The Bertz CT molecular complexity index is 641. The Labute approximate surface area is 143 Å². The smallest absolute Gasteiger partial charge is 0.130 e. The van der Waals surface area contributed by atoms with Crippen molar-refractivity contribution >= 4 is 0 Å². The molecule has 0 aromatic heterocycles. The quantitative estimate of drug-likeness (QED) is 0.879. The van der Waals surface area contributed by atoms with Crippen LogP contribution < -0.4 is 9.47 Å². The number of rotatable bonds is 5. The van der Waals surface area contributed by atoms with Gasteiger partial charge in [-0.1, -0.05) is 12.1 Å². The van der Waals surface area contributed by atoms with Gasteiger partial charge in [0.05, 0.1) is 27.4 Å². The maximum atomic E-state index is 9.98. The molecule has 0 unspecified atom stereocenters. The third-order valence-electron chi connectivity index (χ3n) is 4.57. The summed E-state index contributed by atoms with van der Waals surface area (Å²) in [4.78, 5) is 0. The van der Waals surface area contributed by atoms with Gasteiger partial charge in [-0.2, -0.15) is 0 Å². The Morgan fingerprint density at radius 3 is 1.25 bits per heavy atom. The molecule has 4 nitrogen and oxygen atoms in total. The van der Waals surface area contributed by atoms with Crippen molar-refractivity contribution in [2.24, 2.45) is 0 Å². The predicted molar refractivity (Wildman–Crippen MR) is 95.8 cm³/mol. The van der Waals surface area contributed by atoms with E-state index in [9.17, 15) is 10.2 Å². The Balaban J connectivity index is 3.06. The van der Waals surface area contributed by atoms with Crippen molar-refractivity contribution in [2.75, 3.05) is 14.2 Å². The highest BCUT2D eigenvalue weighted by Gasteiger charge is 2.24. The third kappa shape index (κ3) is 2.87. The van der Waals surface area contributed by atoms with Gasteiger partial charge in [0.1, 0.15) is 11.5 Å². The zero-order valence-electron chi connectivity index (χ0n) is 15.3. The van der Waals surface area contributed by atoms with E-state index >= 15 is 0 Å². The molecule has 0 saturated carbocycles. The molecule has 0 atom stereocenters. The number of ether oxygens (including phenoxy) is 2. The SMILES string of the molecule is COc1c(C)cc(C)c(CO)c1-c1c(CO)c(C)cc(C)c1OC. The Hall–Kier alpha value is -2.04. The lowest BCUT2D eigenvalue weighted by molar-refractivity contribution is 0.278. The first kappa shape index (κ1) is 18.3. The van der Waals surface area contributed by atoms with Gasteiger partial charge in [-0.15, -0.1) is 0 Å². The van der Waals surface area contributed by atoms with Crippen LogP contribution in [-0.4, -0.2) is 24.4 Å². The minimum absolute atomic E-state index is 0.112. The van der Waals surface area contributed by atoms with Gasteiger partial charge in [-0.3, -0.25) is 0 Å². The monoisotopic (exact) mass is 330 g/mol. The molecule has 130 valence electrons. The van der Waals surface area contributed by atoms with Crippen LogP contribution in [0.3, 0.4) is 0 Å². The molecule has 2 aromatic carbocycles. The van der Waals surface area contributed by atoms with Gasteiger partial charge in [-0.05, 0) is 61.1 Å². The summed E-state index contributed by atoms with van der Waals surface area (Å²) in [5.41, 5.74) is 7.09. The lowest BCUT2D eigenvalue weighted by Crippen LogP contribution is -2.06. The highest BCUT2D eigenvalue weighted by molar-refractivity contribution is 5.85. The number of aliphatic hydroxyl groups excluding tert-OH is 2. The number of hydrogen-bond donors (Lipinski definition) is 2. The van der Waals surface area contributed by atoms with Crippen LogP contribution in [0.4, 0.5) is 0 Å². The molecule has 0 heterocycles. The first-order chi connectivity index (χ1) is 11.4. The number of methoxy groups -OCH3 is 2. The van der Waals surface area contributed by atoms with Crippen molar-refractivity contribution in [1.82, 2.24) is 0 Å². The molecular formula is C20H26O4. The zero-order chi connectivity index (χ0) is 18.0. The fraction of sp³-hybridized carbons (Fsp3) is 0.400. The second-order valence-corrected chi connectivity index (χ2v) is 6.11. The minimum atomic E-state index is -0.112. The normalized spacial score (nSPS) is 10.8. The Kier molecular flexibility index (Phi) is 5.52. The summed E-state index contributed by atoms with van der Waals surface area (Å²) in [6, 6.07) is 4.00. The second-order valence-electron chi connectivity index (χ2n) is 6.11. The van der Waals surface area contributed by atoms with Crippen LogP contribution in [0.15, 0.2) is 12.1 Å². The average Bonchev–Trinajstić information content (AvgIpc) is 2.53. The summed E-state index contributed by atoms with van der Waals surface area (Å²) >= 11 is 0. The first-order valence-corrected chi connectivity index (χ1v) is 7.97. The minimum Gasteiger partial charge on any atom is -0.496 e. The van der Waals surface area contributed by atoms with Gasteiger partial charge in [0, 0.05) is 11.1 Å². The van der Waals surface area contributed by atoms with E-state index < -0.39 is 0 Å². The van der Waals surface area contributed by atoms with E-state index in [0.29, 0.717) is 11.5 Å². The lowest BCUT2D eigenvalue weighted by atomic mass is 9.86. The van der Waals surface area contributed by atoms with Crippen LogP contribution in [0.2, 0.25) is 0 Å². The molecule has 0 aliphatic heterocycles. The maximum Gasteiger partial charge on any atom is 0.130 e. The Morgan fingerprint density at radius 1 is 0.667 bits per heavy atom. The molecule has 0 spiro atoms. The van der Waals surface area contributed by atoms with Crippen LogP contribution in [0.1, 0.15) is 33.4 Å². The molecule has 0 radical (unpaired) electrons. The highest BCUT2D eigenvalue weighted by Crippen LogP contribution is 2.46. The van der Waals surface area contributed by atoms with Crippen molar-refractivity contribution < 1.29 is 19.7 Å². The summed E-state index contributed by atoms with van der Waals surface area (Å²) in [5, 5.41) is 20.0. The maximum absolute atomic E-state index is 9.98. The molecule has 2 aromatic rings. The van der Waals surface area contributed by atoms with Crippen LogP contribution in [-0.2, 0) is 13.2 Å². The summed E-state index contributed by atoms with van der Waals surface area (Å²) < 4.78 is 11.3. The van der Waals surface area contributed by atoms with Crippen LogP contribution in [0.5, 0.6) is 11.5 Å². The van der Waals surface area contributed by atoms with Crippen molar-refractivity contribution in [1.29, 1.82) is 0 Å². The van der Waals surface area contributed by atoms with Gasteiger partial charge in [0.2, 0.25) is 0 Å². The van der Waals surface area contributed by atoms with Gasteiger partial charge < -0.3 is 19.7 Å². The van der Waals surface area contributed by atoms with E-state index in [-0.39, 0.29) is 13.2 Å². The van der Waals surface area contributed by atoms with E-state index in [1.165, 1.54) is 0 Å². The molecule has 0 aliphatic rings. The van der Waals surface area contributed by atoms with Gasteiger partial charge in [0.15, 0.2) is 0 Å². The number of aliphatic hydroxyl groups is 2. The summed E-state index contributed by atoms with van der Waals surface area (Å²) in [5.74, 6) is 1.39.